The number of aliphatic imine (C=N–C) groups is 1. The van der Waals surface area contributed by atoms with E-state index >= 15 is 0 Å². The molecule has 0 saturated carbocycles. The van der Waals surface area contributed by atoms with Crippen molar-refractivity contribution in [1.82, 2.24) is 30.4 Å². The molecular formula is C21H29N7. The molecule has 0 radical (unpaired) electrons. The van der Waals surface area contributed by atoms with Crippen molar-refractivity contribution in [1.29, 1.82) is 0 Å². The van der Waals surface area contributed by atoms with Gasteiger partial charge < -0.3 is 15.6 Å². The van der Waals surface area contributed by atoms with Gasteiger partial charge in [-0.25, -0.2) is 9.67 Å². The highest BCUT2D eigenvalue weighted by Gasteiger charge is 2.21. The molecular weight excluding hydrogens is 350 g/mol. The summed E-state index contributed by atoms with van der Waals surface area (Å²) in [6, 6.07) is 6.76. The zero-order valence-electron chi connectivity index (χ0n) is 16.9. The van der Waals surface area contributed by atoms with E-state index in [1.807, 2.05) is 11.6 Å². The summed E-state index contributed by atoms with van der Waals surface area (Å²) in [5.41, 5.74) is 3.83. The first-order valence-corrected chi connectivity index (χ1v) is 10.1. The van der Waals surface area contributed by atoms with Crippen molar-refractivity contribution in [2.24, 2.45) is 4.99 Å². The second kappa shape index (κ2) is 8.04. The summed E-state index contributed by atoms with van der Waals surface area (Å²) in [6.45, 7) is 8.61. The van der Waals surface area contributed by atoms with Crippen LogP contribution in [0.3, 0.4) is 0 Å². The highest BCUT2D eigenvalue weighted by molar-refractivity contribution is 5.86. The molecule has 3 heterocycles. The highest BCUT2D eigenvalue weighted by atomic mass is 15.4. The summed E-state index contributed by atoms with van der Waals surface area (Å²) in [6.07, 6.45) is 5.03. The maximum atomic E-state index is 4.81. The molecule has 1 unspecified atom stereocenters. The fourth-order valence-electron chi connectivity index (χ4n) is 3.92. The van der Waals surface area contributed by atoms with Crippen molar-refractivity contribution >= 4 is 16.9 Å². The standard InChI is InChI=1S/C21H29N7/c1-4-22-21(26-17-8-9-19-25-15(3)27-28(19)13-17)23-11-10-16-12-24-20-14(2)6-5-7-18(16)20/h5-7,12,17,24H,4,8-11,13H2,1-3H3,(H2,22,23,26). The lowest BCUT2D eigenvalue weighted by atomic mass is 10.1. The minimum absolute atomic E-state index is 0.321. The molecule has 28 heavy (non-hydrogen) atoms. The van der Waals surface area contributed by atoms with E-state index < -0.39 is 0 Å². The van der Waals surface area contributed by atoms with Crippen molar-refractivity contribution in [2.45, 2.75) is 52.6 Å². The Hall–Kier alpha value is -2.83. The number of hydrogen-bond acceptors (Lipinski definition) is 3. The van der Waals surface area contributed by atoms with Crippen LogP contribution in [0.1, 0.15) is 36.1 Å². The molecule has 7 nitrogen and oxygen atoms in total. The molecule has 0 aliphatic carbocycles. The molecule has 1 aromatic carbocycles. The Balaban J connectivity index is 1.40. The minimum atomic E-state index is 0.321. The van der Waals surface area contributed by atoms with Gasteiger partial charge in [-0.05, 0) is 44.7 Å². The quantitative estimate of drug-likeness (QED) is 0.470. The number of benzene rings is 1. The summed E-state index contributed by atoms with van der Waals surface area (Å²) in [4.78, 5) is 12.7. The Morgan fingerprint density at radius 1 is 1.36 bits per heavy atom. The highest BCUT2D eigenvalue weighted by Crippen LogP contribution is 2.21. The second-order valence-electron chi connectivity index (χ2n) is 7.46. The molecule has 0 bridgehead atoms. The van der Waals surface area contributed by atoms with Crippen LogP contribution in [-0.2, 0) is 19.4 Å². The molecule has 0 spiro atoms. The number of H-pyrrole nitrogens is 1. The number of aromatic amines is 1. The van der Waals surface area contributed by atoms with Crippen LogP contribution in [0.15, 0.2) is 29.4 Å². The third-order valence-corrected chi connectivity index (χ3v) is 5.31. The molecule has 148 valence electrons. The number of nitrogens with one attached hydrogen (secondary N) is 3. The van der Waals surface area contributed by atoms with Gasteiger partial charge in [0.05, 0.1) is 6.54 Å². The van der Waals surface area contributed by atoms with Gasteiger partial charge in [0.1, 0.15) is 11.6 Å². The number of aromatic nitrogens is 4. The average molecular weight is 380 g/mol. The third-order valence-electron chi connectivity index (χ3n) is 5.31. The van der Waals surface area contributed by atoms with Crippen LogP contribution in [0, 0.1) is 13.8 Å². The largest absolute Gasteiger partial charge is 0.361 e. The summed E-state index contributed by atoms with van der Waals surface area (Å²) >= 11 is 0. The van der Waals surface area contributed by atoms with Crippen LogP contribution in [0.25, 0.3) is 10.9 Å². The molecule has 3 aromatic rings. The molecule has 1 aliphatic rings. The van der Waals surface area contributed by atoms with Crippen LogP contribution in [0.5, 0.6) is 0 Å². The predicted molar refractivity (Wildman–Crippen MR) is 113 cm³/mol. The summed E-state index contributed by atoms with van der Waals surface area (Å²) < 4.78 is 2.02. The Morgan fingerprint density at radius 2 is 2.25 bits per heavy atom. The number of aryl methyl sites for hydroxylation is 3. The molecule has 3 N–H and O–H groups in total. The van der Waals surface area contributed by atoms with Crippen LogP contribution >= 0.6 is 0 Å². The summed E-state index contributed by atoms with van der Waals surface area (Å²) in [5.74, 6) is 2.82. The number of fused-ring (bicyclic) bond motifs is 2. The van der Waals surface area contributed by atoms with E-state index in [0.717, 1.165) is 56.5 Å². The van der Waals surface area contributed by atoms with Crippen molar-refractivity contribution in [3.63, 3.8) is 0 Å². The van der Waals surface area contributed by atoms with Gasteiger partial charge in [-0.1, -0.05) is 18.2 Å². The maximum Gasteiger partial charge on any atom is 0.191 e. The fraction of sp³-hybridized carbons (Fsp3) is 0.476. The third kappa shape index (κ3) is 3.88. The molecule has 2 aromatic heterocycles. The average Bonchev–Trinajstić information content (AvgIpc) is 3.25. The van der Waals surface area contributed by atoms with Gasteiger partial charge in [0.2, 0.25) is 0 Å². The minimum Gasteiger partial charge on any atom is -0.361 e. The molecule has 1 atom stereocenters. The van der Waals surface area contributed by atoms with E-state index in [4.69, 9.17) is 4.99 Å². The van der Waals surface area contributed by atoms with E-state index in [1.165, 1.54) is 22.0 Å². The fourth-order valence-corrected chi connectivity index (χ4v) is 3.92. The van der Waals surface area contributed by atoms with Gasteiger partial charge in [0, 0.05) is 42.7 Å². The number of nitrogens with zero attached hydrogens (tertiary/aromatic N) is 4. The Morgan fingerprint density at radius 3 is 3.11 bits per heavy atom. The lowest BCUT2D eigenvalue weighted by molar-refractivity contribution is 0.392. The number of rotatable bonds is 5. The second-order valence-corrected chi connectivity index (χ2v) is 7.46. The lowest BCUT2D eigenvalue weighted by Gasteiger charge is -2.25. The molecule has 0 amide bonds. The van der Waals surface area contributed by atoms with Crippen molar-refractivity contribution in [2.75, 3.05) is 13.1 Å². The van der Waals surface area contributed by atoms with Gasteiger partial charge in [-0.3, -0.25) is 4.99 Å². The van der Waals surface area contributed by atoms with E-state index in [1.54, 1.807) is 0 Å². The number of hydrogen-bond donors (Lipinski definition) is 3. The Kier molecular flexibility index (Phi) is 5.32. The van der Waals surface area contributed by atoms with Crippen molar-refractivity contribution < 1.29 is 0 Å². The van der Waals surface area contributed by atoms with Crippen molar-refractivity contribution in [3.05, 3.63) is 47.2 Å². The zero-order chi connectivity index (χ0) is 19.5. The molecule has 0 saturated heterocycles. The Labute approximate surface area is 165 Å². The predicted octanol–water partition coefficient (Wildman–Crippen LogP) is 2.49. The van der Waals surface area contributed by atoms with E-state index in [2.05, 4.69) is 63.9 Å². The topological polar surface area (TPSA) is 82.9 Å². The van der Waals surface area contributed by atoms with Crippen molar-refractivity contribution in [3.8, 4) is 0 Å². The SMILES string of the molecule is CCNC(=NCCc1c[nH]c2c(C)cccc12)NC1CCc2nc(C)nn2C1. The molecule has 0 fully saturated rings. The smallest absolute Gasteiger partial charge is 0.191 e. The van der Waals surface area contributed by atoms with Gasteiger partial charge in [-0.15, -0.1) is 0 Å². The first kappa shape index (κ1) is 18.5. The van der Waals surface area contributed by atoms with Crippen LogP contribution in [0.2, 0.25) is 0 Å². The monoisotopic (exact) mass is 379 g/mol. The summed E-state index contributed by atoms with van der Waals surface area (Å²) in [5, 5.41) is 12.7. The first-order chi connectivity index (χ1) is 13.6. The number of para-hydroxylation sites is 1. The Bertz CT molecular complexity index is 982. The molecule has 7 heteroatoms. The molecule has 4 rings (SSSR count). The van der Waals surface area contributed by atoms with E-state index in [-0.39, 0.29) is 0 Å². The van der Waals surface area contributed by atoms with Gasteiger partial charge in [-0.2, -0.15) is 5.10 Å². The lowest BCUT2D eigenvalue weighted by Crippen LogP contribution is -2.47. The van der Waals surface area contributed by atoms with Gasteiger partial charge in [0.15, 0.2) is 5.96 Å². The van der Waals surface area contributed by atoms with Crippen LogP contribution < -0.4 is 10.6 Å². The van der Waals surface area contributed by atoms with Gasteiger partial charge in [0.25, 0.3) is 0 Å². The zero-order valence-corrected chi connectivity index (χ0v) is 16.9. The van der Waals surface area contributed by atoms with E-state index in [9.17, 15) is 0 Å². The van der Waals surface area contributed by atoms with E-state index in [0.29, 0.717) is 6.04 Å². The van der Waals surface area contributed by atoms with Gasteiger partial charge >= 0.3 is 0 Å². The van der Waals surface area contributed by atoms with Crippen LogP contribution in [-0.4, -0.2) is 44.8 Å². The molecule has 1 aliphatic heterocycles. The first-order valence-electron chi connectivity index (χ1n) is 10.1. The summed E-state index contributed by atoms with van der Waals surface area (Å²) in [7, 11) is 0. The maximum absolute atomic E-state index is 4.81. The normalized spacial score (nSPS) is 17.0. The van der Waals surface area contributed by atoms with Crippen LogP contribution in [0.4, 0.5) is 0 Å². The number of guanidine groups is 1.